The average Bonchev–Trinajstić information content (AvgIpc) is 2.62. The Bertz CT molecular complexity index is 412. The molecular formula is C12H17NO3S. The van der Waals surface area contributed by atoms with Crippen LogP contribution < -0.4 is 5.32 Å². The zero-order valence-electron chi connectivity index (χ0n) is 10.2. The molecule has 1 amide bonds. The van der Waals surface area contributed by atoms with Crippen molar-refractivity contribution in [2.24, 2.45) is 5.92 Å². The van der Waals surface area contributed by atoms with Gasteiger partial charge < -0.3 is 10.4 Å². The minimum atomic E-state index is -0.897. The molecule has 2 N–H and O–H groups in total. The number of thiophene rings is 1. The Morgan fingerprint density at radius 1 is 1.41 bits per heavy atom. The van der Waals surface area contributed by atoms with Crippen LogP contribution in [0, 0.1) is 12.8 Å². The summed E-state index contributed by atoms with van der Waals surface area (Å²) < 4.78 is 0. The van der Waals surface area contributed by atoms with Crippen LogP contribution in [0.15, 0.2) is 10.8 Å². The highest BCUT2D eigenvalue weighted by molar-refractivity contribution is 7.08. The molecule has 1 aromatic rings. The van der Waals surface area contributed by atoms with Crippen molar-refractivity contribution in [1.29, 1.82) is 0 Å². The Morgan fingerprint density at radius 3 is 2.47 bits per heavy atom. The summed E-state index contributed by atoms with van der Waals surface area (Å²) in [4.78, 5) is 22.6. The fourth-order valence-corrected chi connectivity index (χ4v) is 2.31. The van der Waals surface area contributed by atoms with E-state index < -0.39 is 5.97 Å². The third-order valence-corrected chi connectivity index (χ3v) is 3.48. The molecule has 0 spiro atoms. The highest BCUT2D eigenvalue weighted by Gasteiger charge is 2.21. The van der Waals surface area contributed by atoms with Gasteiger partial charge in [0.05, 0.1) is 12.0 Å². The summed E-state index contributed by atoms with van der Waals surface area (Å²) in [6, 6.07) is -0.334. The van der Waals surface area contributed by atoms with E-state index in [2.05, 4.69) is 5.32 Å². The highest BCUT2D eigenvalue weighted by atomic mass is 32.1. The van der Waals surface area contributed by atoms with E-state index in [9.17, 15) is 9.59 Å². The van der Waals surface area contributed by atoms with Crippen LogP contribution in [0.25, 0.3) is 0 Å². The Morgan fingerprint density at radius 2 is 2.06 bits per heavy atom. The van der Waals surface area contributed by atoms with Crippen molar-refractivity contribution >= 4 is 23.2 Å². The van der Waals surface area contributed by atoms with Gasteiger partial charge >= 0.3 is 5.97 Å². The minimum Gasteiger partial charge on any atom is -0.481 e. The zero-order valence-corrected chi connectivity index (χ0v) is 11.0. The fraction of sp³-hybridized carbons (Fsp3) is 0.500. The van der Waals surface area contributed by atoms with Crippen LogP contribution in [0.5, 0.6) is 0 Å². The first-order valence-electron chi connectivity index (χ1n) is 5.47. The summed E-state index contributed by atoms with van der Waals surface area (Å²) >= 11 is 1.47. The molecule has 0 radical (unpaired) electrons. The van der Waals surface area contributed by atoms with Crippen molar-refractivity contribution < 1.29 is 14.7 Å². The molecule has 0 fully saturated rings. The first-order valence-corrected chi connectivity index (χ1v) is 6.41. The maximum atomic E-state index is 11.9. The van der Waals surface area contributed by atoms with Crippen LogP contribution in [-0.4, -0.2) is 23.0 Å². The van der Waals surface area contributed by atoms with Crippen LogP contribution >= 0.6 is 11.3 Å². The summed E-state index contributed by atoms with van der Waals surface area (Å²) in [5.74, 6) is -0.997. The second kappa shape index (κ2) is 5.82. The van der Waals surface area contributed by atoms with Crippen molar-refractivity contribution in [3.05, 3.63) is 21.9 Å². The molecule has 5 heteroatoms. The van der Waals surface area contributed by atoms with Gasteiger partial charge in [-0.2, -0.15) is 11.3 Å². The number of hydrogen-bond acceptors (Lipinski definition) is 3. The predicted molar refractivity (Wildman–Crippen MR) is 67.4 cm³/mol. The van der Waals surface area contributed by atoms with E-state index in [-0.39, 0.29) is 24.3 Å². The van der Waals surface area contributed by atoms with Gasteiger partial charge in [-0.15, -0.1) is 0 Å². The highest BCUT2D eigenvalue weighted by Crippen LogP contribution is 2.15. The molecule has 4 nitrogen and oxygen atoms in total. The van der Waals surface area contributed by atoms with Crippen molar-refractivity contribution in [1.82, 2.24) is 5.32 Å². The summed E-state index contributed by atoms with van der Waals surface area (Å²) in [6.45, 7) is 5.66. The van der Waals surface area contributed by atoms with Gasteiger partial charge in [0.2, 0.25) is 0 Å². The van der Waals surface area contributed by atoms with Gasteiger partial charge in [-0.05, 0) is 23.8 Å². The Labute approximate surface area is 105 Å². The summed E-state index contributed by atoms with van der Waals surface area (Å²) in [5, 5.41) is 15.2. The second-order valence-corrected chi connectivity index (χ2v) is 5.13. The first kappa shape index (κ1) is 13.7. The van der Waals surface area contributed by atoms with Crippen molar-refractivity contribution in [3.63, 3.8) is 0 Å². The molecule has 0 aliphatic carbocycles. The van der Waals surface area contributed by atoms with Gasteiger partial charge in [0.1, 0.15) is 0 Å². The number of carbonyl (C=O) groups excluding carboxylic acids is 1. The number of amides is 1. The van der Waals surface area contributed by atoms with Gasteiger partial charge in [-0.25, -0.2) is 0 Å². The van der Waals surface area contributed by atoms with E-state index in [4.69, 9.17) is 5.11 Å². The lowest BCUT2D eigenvalue weighted by atomic mass is 10.0. The van der Waals surface area contributed by atoms with Gasteiger partial charge in [0, 0.05) is 11.4 Å². The Hall–Kier alpha value is -1.36. The number of hydrogen-bond donors (Lipinski definition) is 2. The van der Waals surface area contributed by atoms with Crippen molar-refractivity contribution in [2.45, 2.75) is 33.2 Å². The summed E-state index contributed by atoms with van der Waals surface area (Å²) in [5.41, 5.74) is 1.55. The molecule has 1 atom stereocenters. The number of carboxylic acid groups (broad SMARTS) is 1. The van der Waals surface area contributed by atoms with Gasteiger partial charge in [-0.1, -0.05) is 13.8 Å². The molecule has 1 heterocycles. The number of aliphatic carboxylic acids is 1. The molecule has 94 valence electrons. The third kappa shape index (κ3) is 3.85. The molecule has 0 aromatic carbocycles. The van der Waals surface area contributed by atoms with Crippen LogP contribution in [0.1, 0.15) is 36.2 Å². The van der Waals surface area contributed by atoms with Gasteiger partial charge in [0.25, 0.3) is 5.91 Å². The predicted octanol–water partition coefficient (Wildman–Crippen LogP) is 2.29. The van der Waals surface area contributed by atoms with E-state index in [1.165, 1.54) is 11.3 Å². The van der Waals surface area contributed by atoms with Crippen LogP contribution in [0.2, 0.25) is 0 Å². The number of aryl methyl sites for hydroxylation is 1. The molecule has 1 aromatic heterocycles. The molecule has 17 heavy (non-hydrogen) atoms. The fourth-order valence-electron chi connectivity index (χ4n) is 1.48. The molecule has 0 bridgehead atoms. The average molecular weight is 255 g/mol. The number of nitrogens with one attached hydrogen (secondary N) is 1. The molecular weight excluding hydrogens is 238 g/mol. The number of rotatable bonds is 5. The Balaban J connectivity index is 2.71. The Kier molecular flexibility index (Phi) is 4.69. The lowest BCUT2D eigenvalue weighted by molar-refractivity contribution is -0.137. The topological polar surface area (TPSA) is 66.4 Å². The summed E-state index contributed by atoms with van der Waals surface area (Å²) in [7, 11) is 0. The number of carboxylic acids is 1. The van der Waals surface area contributed by atoms with Crippen LogP contribution in [-0.2, 0) is 4.79 Å². The first-order chi connectivity index (χ1) is 7.91. The largest absolute Gasteiger partial charge is 0.481 e. The van der Waals surface area contributed by atoms with Crippen molar-refractivity contribution in [2.75, 3.05) is 0 Å². The molecule has 1 unspecified atom stereocenters. The van der Waals surface area contributed by atoms with E-state index in [0.29, 0.717) is 5.56 Å². The molecule has 0 saturated carbocycles. The van der Waals surface area contributed by atoms with Crippen LogP contribution in [0.3, 0.4) is 0 Å². The molecule has 0 saturated heterocycles. The zero-order chi connectivity index (χ0) is 13.0. The maximum absolute atomic E-state index is 11.9. The maximum Gasteiger partial charge on any atom is 0.305 e. The van der Waals surface area contributed by atoms with E-state index in [1.807, 2.05) is 26.2 Å². The molecule has 0 aliphatic rings. The van der Waals surface area contributed by atoms with E-state index in [1.54, 1.807) is 5.38 Å². The van der Waals surface area contributed by atoms with Gasteiger partial charge in [0.15, 0.2) is 0 Å². The van der Waals surface area contributed by atoms with E-state index >= 15 is 0 Å². The van der Waals surface area contributed by atoms with Gasteiger partial charge in [-0.3, -0.25) is 9.59 Å². The normalized spacial score (nSPS) is 12.5. The SMILES string of the molecule is Cc1cscc1C(=O)NC(CC(=O)O)C(C)C. The van der Waals surface area contributed by atoms with Crippen LogP contribution in [0.4, 0.5) is 0 Å². The quantitative estimate of drug-likeness (QED) is 0.848. The summed E-state index contributed by atoms with van der Waals surface area (Å²) in [6.07, 6.45) is -0.0490. The standard InChI is InChI=1S/C12H17NO3S/c1-7(2)10(4-11(14)15)13-12(16)9-6-17-5-8(9)3/h5-7,10H,4H2,1-3H3,(H,13,16)(H,14,15). The second-order valence-electron chi connectivity index (χ2n) is 4.39. The smallest absolute Gasteiger partial charge is 0.305 e. The third-order valence-electron chi connectivity index (χ3n) is 2.62. The number of carbonyl (C=O) groups is 2. The van der Waals surface area contributed by atoms with E-state index in [0.717, 1.165) is 5.56 Å². The minimum absolute atomic E-state index is 0.0490. The van der Waals surface area contributed by atoms with Crippen molar-refractivity contribution in [3.8, 4) is 0 Å². The molecule has 0 aliphatic heterocycles. The lowest BCUT2D eigenvalue weighted by Gasteiger charge is -2.20. The monoisotopic (exact) mass is 255 g/mol. The lowest BCUT2D eigenvalue weighted by Crippen LogP contribution is -2.40. The molecule has 1 rings (SSSR count).